The molecule has 2 atom stereocenters. The summed E-state index contributed by atoms with van der Waals surface area (Å²) in [5.74, 6) is 0. The Balaban J connectivity index is 1.78. The fourth-order valence-corrected chi connectivity index (χ4v) is 3.71. The highest BCUT2D eigenvalue weighted by Crippen LogP contribution is 2.26. The van der Waals surface area contributed by atoms with Crippen molar-refractivity contribution in [2.24, 2.45) is 0 Å². The summed E-state index contributed by atoms with van der Waals surface area (Å²) in [5.41, 5.74) is 1.09. The zero-order chi connectivity index (χ0) is 16.4. The topological polar surface area (TPSA) is 72.9 Å². The van der Waals surface area contributed by atoms with Crippen molar-refractivity contribution in [3.63, 3.8) is 0 Å². The monoisotopic (exact) mass is 381 g/mol. The number of urea groups is 1. The van der Waals surface area contributed by atoms with Crippen molar-refractivity contribution in [1.82, 2.24) is 15.1 Å². The summed E-state index contributed by atoms with van der Waals surface area (Å²) < 4.78 is 0.983. The van der Waals surface area contributed by atoms with Gasteiger partial charge in [0.05, 0.1) is 12.1 Å². The number of carbonyl (C=O) groups is 2. The average molecular weight is 382 g/mol. The highest BCUT2D eigenvalue weighted by atomic mass is 79.9. The van der Waals surface area contributed by atoms with E-state index in [-0.39, 0.29) is 18.1 Å². The summed E-state index contributed by atoms with van der Waals surface area (Å²) in [6.45, 7) is 2.20. The molecule has 6 nitrogen and oxygen atoms in total. The zero-order valence-electron chi connectivity index (χ0n) is 12.7. The predicted molar refractivity (Wildman–Crippen MR) is 89.5 cm³/mol. The maximum atomic E-state index is 12.6. The van der Waals surface area contributed by atoms with Crippen LogP contribution in [-0.2, 0) is 6.42 Å². The summed E-state index contributed by atoms with van der Waals surface area (Å²) >= 11 is 3.46. The van der Waals surface area contributed by atoms with Gasteiger partial charge in [-0.3, -0.25) is 0 Å². The molecule has 2 N–H and O–H groups in total. The summed E-state index contributed by atoms with van der Waals surface area (Å²) in [6, 6.07) is 7.59. The van der Waals surface area contributed by atoms with Crippen LogP contribution in [0.25, 0.3) is 0 Å². The van der Waals surface area contributed by atoms with Crippen LogP contribution in [0.5, 0.6) is 0 Å². The molecule has 0 aromatic heterocycles. The van der Waals surface area contributed by atoms with Gasteiger partial charge in [-0.25, -0.2) is 9.59 Å². The minimum atomic E-state index is -1.03. The first-order chi connectivity index (χ1) is 11.0. The Kier molecular flexibility index (Phi) is 4.75. The maximum absolute atomic E-state index is 12.6. The normalized spacial score (nSPS) is 23.5. The first kappa shape index (κ1) is 16.1. The third-order valence-electron chi connectivity index (χ3n) is 4.56. The maximum Gasteiger partial charge on any atom is 0.404 e. The van der Waals surface area contributed by atoms with Crippen molar-refractivity contribution >= 4 is 28.1 Å². The lowest BCUT2D eigenvalue weighted by molar-refractivity contribution is 0.119. The SMILES string of the molecule is O=C(O)N[C@H]1CCN(C(=O)N2CCC2)[C@H]1Cc1cccc(Br)c1. The highest BCUT2D eigenvalue weighted by molar-refractivity contribution is 9.10. The Labute approximate surface area is 143 Å². The molecule has 0 radical (unpaired) electrons. The van der Waals surface area contributed by atoms with Gasteiger partial charge in [-0.1, -0.05) is 28.1 Å². The molecule has 3 rings (SSSR count). The second-order valence-corrected chi connectivity index (χ2v) is 6.98. The van der Waals surface area contributed by atoms with Crippen molar-refractivity contribution in [2.45, 2.75) is 31.3 Å². The van der Waals surface area contributed by atoms with Gasteiger partial charge in [-0.05, 0) is 37.0 Å². The first-order valence-corrected chi connectivity index (χ1v) is 8.63. The minimum absolute atomic E-state index is 0.0333. The van der Waals surface area contributed by atoms with Crippen molar-refractivity contribution in [3.8, 4) is 0 Å². The molecule has 0 bridgehead atoms. The molecule has 2 fully saturated rings. The highest BCUT2D eigenvalue weighted by Gasteiger charge is 2.40. The summed E-state index contributed by atoms with van der Waals surface area (Å²) in [5, 5.41) is 11.6. The number of amides is 3. The molecule has 7 heteroatoms. The number of rotatable bonds is 3. The van der Waals surface area contributed by atoms with E-state index < -0.39 is 6.09 Å². The van der Waals surface area contributed by atoms with Gasteiger partial charge in [0.25, 0.3) is 0 Å². The molecule has 2 aliphatic rings. The second kappa shape index (κ2) is 6.78. The van der Waals surface area contributed by atoms with Crippen molar-refractivity contribution in [1.29, 1.82) is 0 Å². The molecule has 1 aromatic carbocycles. The fraction of sp³-hybridized carbons (Fsp3) is 0.500. The van der Waals surface area contributed by atoms with Crippen LogP contribution in [0.1, 0.15) is 18.4 Å². The molecule has 2 aliphatic heterocycles. The Morgan fingerprint density at radius 1 is 1.30 bits per heavy atom. The van der Waals surface area contributed by atoms with E-state index in [4.69, 9.17) is 5.11 Å². The largest absolute Gasteiger partial charge is 0.465 e. The van der Waals surface area contributed by atoms with E-state index in [1.807, 2.05) is 34.1 Å². The Morgan fingerprint density at radius 2 is 2.09 bits per heavy atom. The van der Waals surface area contributed by atoms with Crippen LogP contribution in [0, 0.1) is 0 Å². The van der Waals surface area contributed by atoms with E-state index in [1.54, 1.807) is 0 Å². The zero-order valence-corrected chi connectivity index (χ0v) is 14.3. The summed E-state index contributed by atoms with van der Waals surface area (Å²) in [7, 11) is 0. The number of nitrogens with one attached hydrogen (secondary N) is 1. The molecule has 124 valence electrons. The van der Waals surface area contributed by atoms with E-state index in [1.165, 1.54) is 0 Å². The molecule has 3 amide bonds. The lowest BCUT2D eigenvalue weighted by Gasteiger charge is -2.37. The third kappa shape index (κ3) is 3.60. The number of hydrogen-bond donors (Lipinski definition) is 2. The van der Waals surface area contributed by atoms with Crippen molar-refractivity contribution in [2.75, 3.05) is 19.6 Å². The number of nitrogens with zero attached hydrogens (tertiary/aromatic N) is 2. The van der Waals surface area contributed by atoms with Gasteiger partial charge in [0.2, 0.25) is 0 Å². The van der Waals surface area contributed by atoms with Crippen LogP contribution >= 0.6 is 15.9 Å². The molecule has 0 spiro atoms. The minimum Gasteiger partial charge on any atom is -0.465 e. The van der Waals surface area contributed by atoms with Gasteiger partial charge in [0.15, 0.2) is 0 Å². The second-order valence-electron chi connectivity index (χ2n) is 6.06. The van der Waals surface area contributed by atoms with E-state index in [9.17, 15) is 9.59 Å². The standard InChI is InChI=1S/C16H20BrN3O3/c17-12-4-1-3-11(9-12)10-14-13(18-15(21)22)5-8-20(14)16(23)19-6-2-7-19/h1,3-4,9,13-14,18H,2,5-8,10H2,(H,21,22)/t13-,14-/m0/s1. The number of likely N-dealkylation sites (tertiary alicyclic amines) is 2. The molecular formula is C16H20BrN3O3. The smallest absolute Gasteiger partial charge is 0.404 e. The van der Waals surface area contributed by atoms with Crippen molar-refractivity contribution in [3.05, 3.63) is 34.3 Å². The van der Waals surface area contributed by atoms with Crippen LogP contribution in [0.4, 0.5) is 9.59 Å². The molecule has 2 heterocycles. The third-order valence-corrected chi connectivity index (χ3v) is 5.05. The molecule has 2 saturated heterocycles. The summed E-state index contributed by atoms with van der Waals surface area (Å²) in [4.78, 5) is 27.3. The van der Waals surface area contributed by atoms with Gasteiger partial charge in [-0.15, -0.1) is 0 Å². The van der Waals surface area contributed by atoms with Gasteiger partial charge in [0, 0.05) is 24.1 Å². The Morgan fingerprint density at radius 3 is 2.70 bits per heavy atom. The molecule has 0 unspecified atom stereocenters. The van der Waals surface area contributed by atoms with Crippen LogP contribution in [0.3, 0.4) is 0 Å². The van der Waals surface area contributed by atoms with E-state index in [2.05, 4.69) is 21.2 Å². The lowest BCUT2D eigenvalue weighted by atomic mass is 10.00. The van der Waals surface area contributed by atoms with Gasteiger partial charge >= 0.3 is 12.1 Å². The predicted octanol–water partition coefficient (Wildman–Crippen LogP) is 2.53. The molecule has 23 heavy (non-hydrogen) atoms. The summed E-state index contributed by atoms with van der Waals surface area (Å²) in [6.07, 6.45) is 1.31. The number of carbonyl (C=O) groups excluding carboxylic acids is 1. The van der Waals surface area contributed by atoms with E-state index in [0.29, 0.717) is 19.4 Å². The van der Waals surface area contributed by atoms with Gasteiger partial charge in [-0.2, -0.15) is 0 Å². The van der Waals surface area contributed by atoms with Crippen LogP contribution in [0.2, 0.25) is 0 Å². The van der Waals surface area contributed by atoms with E-state index >= 15 is 0 Å². The number of carboxylic acid groups (broad SMARTS) is 1. The van der Waals surface area contributed by atoms with Gasteiger partial charge < -0.3 is 20.2 Å². The molecular weight excluding hydrogens is 362 g/mol. The lowest BCUT2D eigenvalue weighted by Crippen LogP contribution is -2.54. The number of hydrogen-bond acceptors (Lipinski definition) is 2. The fourth-order valence-electron chi connectivity index (χ4n) is 3.27. The quantitative estimate of drug-likeness (QED) is 0.844. The number of halogens is 1. The van der Waals surface area contributed by atoms with Crippen LogP contribution in [-0.4, -0.2) is 58.7 Å². The molecule has 0 aliphatic carbocycles. The van der Waals surface area contributed by atoms with Crippen molar-refractivity contribution < 1.29 is 14.7 Å². The molecule has 0 saturated carbocycles. The average Bonchev–Trinajstić information content (AvgIpc) is 2.79. The Bertz CT molecular complexity index is 606. The van der Waals surface area contributed by atoms with Crippen LogP contribution < -0.4 is 5.32 Å². The molecule has 1 aromatic rings. The van der Waals surface area contributed by atoms with E-state index in [0.717, 1.165) is 29.5 Å². The first-order valence-electron chi connectivity index (χ1n) is 7.84. The van der Waals surface area contributed by atoms with Crippen LogP contribution in [0.15, 0.2) is 28.7 Å². The Hall–Kier alpha value is -1.76. The van der Waals surface area contributed by atoms with Gasteiger partial charge in [0.1, 0.15) is 0 Å². The number of benzene rings is 1.